The van der Waals surface area contributed by atoms with E-state index in [0.29, 0.717) is 35.4 Å². The first kappa shape index (κ1) is 18.7. The highest BCUT2D eigenvalue weighted by molar-refractivity contribution is 5.69. The number of hydrogen-bond donors (Lipinski definition) is 3. The van der Waals surface area contributed by atoms with Gasteiger partial charge in [0, 0.05) is 24.6 Å². The fourth-order valence-corrected chi connectivity index (χ4v) is 3.92. The minimum absolute atomic E-state index is 0.158. The van der Waals surface area contributed by atoms with E-state index in [0.717, 1.165) is 55.6 Å². The average molecular weight is 381 g/mol. The number of hydrogen-bond acceptors (Lipinski definition) is 7. The van der Waals surface area contributed by atoms with Crippen molar-refractivity contribution >= 4 is 5.95 Å². The minimum Gasteiger partial charge on any atom is -0.512 e. The zero-order valence-corrected chi connectivity index (χ0v) is 16.4. The molecule has 1 unspecified atom stereocenters. The molecule has 7 heteroatoms. The van der Waals surface area contributed by atoms with Gasteiger partial charge in [-0.15, -0.1) is 10.2 Å². The van der Waals surface area contributed by atoms with Crippen molar-refractivity contribution in [3.63, 3.8) is 0 Å². The monoisotopic (exact) mass is 381 g/mol. The summed E-state index contributed by atoms with van der Waals surface area (Å²) in [6.07, 6.45) is 4.61. The van der Waals surface area contributed by atoms with Gasteiger partial charge in [-0.2, -0.15) is 0 Å². The molecule has 148 valence electrons. The number of piperidine rings is 1. The Morgan fingerprint density at radius 2 is 2.07 bits per heavy atom. The number of aliphatic hydroxyl groups excluding tert-OH is 1. The molecule has 1 aromatic carbocycles. The van der Waals surface area contributed by atoms with Crippen LogP contribution in [-0.4, -0.2) is 56.5 Å². The van der Waals surface area contributed by atoms with E-state index in [1.807, 2.05) is 19.1 Å². The lowest BCUT2D eigenvalue weighted by Gasteiger charge is -2.30. The van der Waals surface area contributed by atoms with Crippen LogP contribution >= 0.6 is 0 Å². The third-order valence-electron chi connectivity index (χ3n) is 5.63. The van der Waals surface area contributed by atoms with E-state index in [1.165, 1.54) is 0 Å². The summed E-state index contributed by atoms with van der Waals surface area (Å²) in [7, 11) is 2.12. The van der Waals surface area contributed by atoms with Gasteiger partial charge in [-0.05, 0) is 69.5 Å². The maximum atomic E-state index is 10.5. The van der Waals surface area contributed by atoms with Crippen molar-refractivity contribution in [3.8, 4) is 17.0 Å². The number of aryl methyl sites for hydroxylation is 1. The molecule has 7 nitrogen and oxygen atoms in total. The Labute approximate surface area is 165 Å². The summed E-state index contributed by atoms with van der Waals surface area (Å²) >= 11 is 0. The fraction of sp³-hybridized carbons (Fsp3) is 0.476. The molecule has 0 amide bonds. The van der Waals surface area contributed by atoms with Crippen molar-refractivity contribution in [2.45, 2.75) is 45.1 Å². The van der Waals surface area contributed by atoms with E-state index in [4.69, 9.17) is 0 Å². The van der Waals surface area contributed by atoms with Crippen LogP contribution in [0.5, 0.6) is 5.75 Å². The molecule has 0 saturated carbocycles. The lowest BCUT2D eigenvalue weighted by molar-refractivity contribution is 0.260. The minimum atomic E-state index is 0.158. The highest BCUT2D eigenvalue weighted by Gasteiger charge is 2.20. The Morgan fingerprint density at radius 3 is 2.71 bits per heavy atom. The third kappa shape index (κ3) is 3.94. The van der Waals surface area contributed by atoms with Crippen LogP contribution in [0.25, 0.3) is 11.3 Å². The lowest BCUT2D eigenvalue weighted by Crippen LogP contribution is -2.40. The third-order valence-corrected chi connectivity index (χ3v) is 5.63. The van der Waals surface area contributed by atoms with E-state index < -0.39 is 0 Å². The molecule has 1 saturated heterocycles. The number of likely N-dealkylation sites (tertiary alicyclic amines) is 1. The molecule has 0 bridgehead atoms. The normalized spacial score (nSPS) is 20.1. The Bertz CT molecular complexity index is 912. The standard InChI is InChI=1S/C21H27N5O2/c1-13-20(24-25-21(22-13)23-16-4-3-9-26(2)12-16)17-7-5-14(11-19(17)28)10-15-6-8-18(15)27/h5,7,11,16,27-28H,3-4,6,8-10,12H2,1-2H3,(H,22,23,25). The first-order valence-corrected chi connectivity index (χ1v) is 9.88. The summed E-state index contributed by atoms with van der Waals surface area (Å²) in [4.78, 5) is 6.86. The molecule has 2 aromatic rings. The molecule has 0 radical (unpaired) electrons. The maximum absolute atomic E-state index is 10.5. The summed E-state index contributed by atoms with van der Waals surface area (Å²) in [6, 6.07) is 5.87. The molecule has 1 fully saturated rings. The molecule has 4 rings (SSSR count). The van der Waals surface area contributed by atoms with E-state index >= 15 is 0 Å². The molecule has 2 heterocycles. The highest BCUT2D eigenvalue weighted by atomic mass is 16.3. The number of allylic oxidation sites excluding steroid dienone is 2. The van der Waals surface area contributed by atoms with Crippen molar-refractivity contribution < 1.29 is 10.2 Å². The molecule has 1 aliphatic carbocycles. The SMILES string of the molecule is Cc1nc(NC2CCCN(C)C2)nnc1-c1ccc(CC2=C(O)CC2)cc1O. The second-order valence-corrected chi connectivity index (χ2v) is 7.89. The number of phenolic OH excluding ortho intramolecular Hbond substituents is 1. The highest BCUT2D eigenvalue weighted by Crippen LogP contribution is 2.33. The van der Waals surface area contributed by atoms with Gasteiger partial charge in [-0.1, -0.05) is 6.07 Å². The molecular formula is C21H27N5O2. The van der Waals surface area contributed by atoms with Crippen LogP contribution in [0.1, 0.15) is 36.9 Å². The Morgan fingerprint density at radius 1 is 1.21 bits per heavy atom. The van der Waals surface area contributed by atoms with Gasteiger partial charge in [0.25, 0.3) is 0 Å². The quantitative estimate of drug-likeness (QED) is 0.732. The second-order valence-electron chi connectivity index (χ2n) is 7.89. The number of aromatic nitrogens is 3. The number of nitrogens with one attached hydrogen (secondary N) is 1. The van der Waals surface area contributed by atoms with Crippen LogP contribution in [0.2, 0.25) is 0 Å². The van der Waals surface area contributed by atoms with Gasteiger partial charge in [0.2, 0.25) is 5.95 Å². The van der Waals surface area contributed by atoms with E-state index in [2.05, 4.69) is 32.4 Å². The van der Waals surface area contributed by atoms with Crippen LogP contribution in [0.4, 0.5) is 5.95 Å². The van der Waals surface area contributed by atoms with Crippen LogP contribution in [0.15, 0.2) is 29.5 Å². The first-order valence-electron chi connectivity index (χ1n) is 9.88. The number of anilines is 1. The van der Waals surface area contributed by atoms with Gasteiger partial charge in [0.15, 0.2) is 0 Å². The molecule has 3 N–H and O–H groups in total. The Kier molecular flexibility index (Phi) is 5.17. The van der Waals surface area contributed by atoms with Crippen molar-refractivity contribution in [2.24, 2.45) is 0 Å². The van der Waals surface area contributed by atoms with Gasteiger partial charge in [0.1, 0.15) is 11.4 Å². The summed E-state index contributed by atoms with van der Waals surface area (Å²) in [5, 5.41) is 32.1. The predicted octanol–water partition coefficient (Wildman–Crippen LogP) is 3.21. The molecule has 1 aromatic heterocycles. The fourth-order valence-electron chi connectivity index (χ4n) is 3.92. The van der Waals surface area contributed by atoms with E-state index in [9.17, 15) is 10.2 Å². The van der Waals surface area contributed by atoms with Crippen LogP contribution in [-0.2, 0) is 6.42 Å². The van der Waals surface area contributed by atoms with Crippen molar-refractivity contribution in [1.29, 1.82) is 0 Å². The Hall–Kier alpha value is -2.67. The molecule has 1 aliphatic heterocycles. The van der Waals surface area contributed by atoms with Gasteiger partial charge < -0.3 is 20.4 Å². The Balaban J connectivity index is 1.50. The number of aliphatic hydroxyl groups is 1. The summed E-state index contributed by atoms with van der Waals surface area (Å²) in [5.74, 6) is 1.18. The lowest BCUT2D eigenvalue weighted by atomic mass is 9.90. The molecule has 28 heavy (non-hydrogen) atoms. The number of nitrogens with zero attached hydrogens (tertiary/aromatic N) is 4. The van der Waals surface area contributed by atoms with Crippen molar-refractivity contribution in [3.05, 3.63) is 40.8 Å². The number of likely N-dealkylation sites (N-methyl/N-ethyl adjacent to an activating group) is 1. The topological polar surface area (TPSA) is 94.4 Å². The summed E-state index contributed by atoms with van der Waals surface area (Å²) in [5.41, 5.74) is 3.96. The van der Waals surface area contributed by atoms with E-state index in [-0.39, 0.29) is 5.75 Å². The molecule has 2 aliphatic rings. The average Bonchev–Trinajstić information content (AvgIpc) is 2.66. The molecule has 0 spiro atoms. The summed E-state index contributed by atoms with van der Waals surface area (Å²) < 4.78 is 0. The summed E-state index contributed by atoms with van der Waals surface area (Å²) in [6.45, 7) is 3.98. The van der Waals surface area contributed by atoms with Crippen molar-refractivity contribution in [1.82, 2.24) is 20.1 Å². The second kappa shape index (κ2) is 7.75. The largest absolute Gasteiger partial charge is 0.512 e. The smallest absolute Gasteiger partial charge is 0.243 e. The van der Waals surface area contributed by atoms with Crippen LogP contribution in [0, 0.1) is 6.92 Å². The van der Waals surface area contributed by atoms with Gasteiger partial charge in [-0.3, -0.25) is 0 Å². The van der Waals surface area contributed by atoms with Crippen LogP contribution < -0.4 is 5.32 Å². The first-order chi connectivity index (χ1) is 13.5. The van der Waals surface area contributed by atoms with Gasteiger partial charge in [-0.25, -0.2) is 4.98 Å². The molecule has 1 atom stereocenters. The predicted molar refractivity (Wildman–Crippen MR) is 108 cm³/mol. The molecular weight excluding hydrogens is 354 g/mol. The number of benzene rings is 1. The zero-order chi connectivity index (χ0) is 19.7. The van der Waals surface area contributed by atoms with Crippen LogP contribution in [0.3, 0.4) is 0 Å². The number of aromatic hydroxyl groups is 1. The van der Waals surface area contributed by atoms with Gasteiger partial charge in [0.05, 0.1) is 11.5 Å². The van der Waals surface area contributed by atoms with E-state index in [1.54, 1.807) is 6.07 Å². The maximum Gasteiger partial charge on any atom is 0.243 e. The van der Waals surface area contributed by atoms with Gasteiger partial charge >= 0.3 is 0 Å². The number of rotatable bonds is 5. The number of phenols is 1. The van der Waals surface area contributed by atoms with Crippen molar-refractivity contribution in [2.75, 3.05) is 25.5 Å². The zero-order valence-electron chi connectivity index (χ0n) is 16.4.